The zero-order valence-corrected chi connectivity index (χ0v) is 12.4. The van der Waals surface area contributed by atoms with Crippen LogP contribution in [-0.4, -0.2) is 45.6 Å². The van der Waals surface area contributed by atoms with E-state index in [-0.39, 0.29) is 12.3 Å². The third-order valence-electron chi connectivity index (χ3n) is 3.15. The van der Waals surface area contributed by atoms with Crippen LogP contribution in [0.3, 0.4) is 0 Å². The predicted molar refractivity (Wildman–Crippen MR) is 78.3 cm³/mol. The summed E-state index contributed by atoms with van der Waals surface area (Å²) in [5.41, 5.74) is 1.02. The van der Waals surface area contributed by atoms with Crippen LogP contribution in [0, 0.1) is 6.92 Å². The molecule has 116 valence electrons. The maximum Gasteiger partial charge on any atom is 0.303 e. The van der Waals surface area contributed by atoms with Crippen molar-refractivity contribution >= 4 is 11.9 Å². The van der Waals surface area contributed by atoms with Gasteiger partial charge in [-0.2, -0.15) is 4.98 Å². The summed E-state index contributed by atoms with van der Waals surface area (Å²) in [7, 11) is 1.64. The fraction of sp³-hybridized carbons (Fsp3) is 0.333. The first-order valence-electron chi connectivity index (χ1n) is 6.86. The minimum atomic E-state index is -0.873. The van der Waals surface area contributed by atoms with Crippen LogP contribution in [0.25, 0.3) is 11.5 Å². The molecule has 0 aliphatic rings. The number of nitrogens with zero attached hydrogens (tertiary/aromatic N) is 3. The molecule has 0 fully saturated rings. The van der Waals surface area contributed by atoms with Gasteiger partial charge in [0.2, 0.25) is 0 Å². The Morgan fingerprint density at radius 3 is 2.68 bits per heavy atom. The number of carbonyl (C=O) groups excluding carboxylic acids is 1. The van der Waals surface area contributed by atoms with E-state index in [4.69, 9.17) is 9.63 Å². The van der Waals surface area contributed by atoms with E-state index < -0.39 is 5.97 Å². The van der Waals surface area contributed by atoms with Crippen LogP contribution in [0.2, 0.25) is 0 Å². The topological polar surface area (TPSA) is 96.5 Å². The van der Waals surface area contributed by atoms with Crippen LogP contribution in [0.5, 0.6) is 0 Å². The van der Waals surface area contributed by atoms with Crippen molar-refractivity contribution < 1.29 is 19.2 Å². The van der Waals surface area contributed by atoms with Crippen molar-refractivity contribution in [2.75, 3.05) is 13.6 Å². The lowest BCUT2D eigenvalue weighted by atomic mass is 10.1. The normalized spacial score (nSPS) is 10.5. The molecule has 0 aliphatic carbocycles. The molecule has 1 amide bonds. The molecule has 7 nitrogen and oxygen atoms in total. The maximum atomic E-state index is 12.5. The van der Waals surface area contributed by atoms with Crippen molar-refractivity contribution in [3.63, 3.8) is 0 Å². The average molecular weight is 303 g/mol. The molecule has 7 heteroatoms. The first-order chi connectivity index (χ1) is 10.5. The highest BCUT2D eigenvalue weighted by atomic mass is 16.5. The van der Waals surface area contributed by atoms with Crippen molar-refractivity contribution in [1.82, 2.24) is 15.0 Å². The van der Waals surface area contributed by atoms with Gasteiger partial charge in [-0.3, -0.25) is 9.59 Å². The van der Waals surface area contributed by atoms with Gasteiger partial charge in [0.15, 0.2) is 5.82 Å². The summed E-state index contributed by atoms with van der Waals surface area (Å²) in [5, 5.41) is 12.4. The third kappa shape index (κ3) is 3.69. The van der Waals surface area contributed by atoms with Crippen molar-refractivity contribution in [1.29, 1.82) is 0 Å². The van der Waals surface area contributed by atoms with Crippen LogP contribution in [0.4, 0.5) is 0 Å². The summed E-state index contributed by atoms with van der Waals surface area (Å²) >= 11 is 0. The van der Waals surface area contributed by atoms with E-state index >= 15 is 0 Å². The standard InChI is InChI=1S/C15H17N3O4/c1-10-16-14(22-17-10)11-6-3-4-7-12(11)15(21)18(2)9-5-8-13(19)20/h3-4,6-7H,5,8-9H2,1-2H3,(H,19,20). The summed E-state index contributed by atoms with van der Waals surface area (Å²) in [5.74, 6) is -0.299. The Labute approximate surface area is 127 Å². The second-order valence-electron chi connectivity index (χ2n) is 4.92. The highest BCUT2D eigenvalue weighted by Crippen LogP contribution is 2.23. The summed E-state index contributed by atoms with van der Waals surface area (Å²) < 4.78 is 5.12. The molecule has 0 radical (unpaired) electrons. The smallest absolute Gasteiger partial charge is 0.303 e. The van der Waals surface area contributed by atoms with Crippen molar-refractivity contribution in [3.8, 4) is 11.5 Å². The van der Waals surface area contributed by atoms with Crippen LogP contribution in [0.15, 0.2) is 28.8 Å². The summed E-state index contributed by atoms with van der Waals surface area (Å²) in [6, 6.07) is 6.97. The van der Waals surface area contributed by atoms with Gasteiger partial charge in [-0.1, -0.05) is 17.3 Å². The van der Waals surface area contributed by atoms with E-state index in [1.807, 2.05) is 0 Å². The number of hydrogen-bond acceptors (Lipinski definition) is 5. The molecule has 2 aromatic rings. The Bertz CT molecular complexity index is 681. The second-order valence-corrected chi connectivity index (χ2v) is 4.92. The van der Waals surface area contributed by atoms with E-state index in [1.165, 1.54) is 4.90 Å². The highest BCUT2D eigenvalue weighted by Gasteiger charge is 2.19. The number of aryl methyl sites for hydroxylation is 1. The number of benzene rings is 1. The highest BCUT2D eigenvalue weighted by molar-refractivity contribution is 5.99. The Morgan fingerprint density at radius 1 is 1.32 bits per heavy atom. The quantitative estimate of drug-likeness (QED) is 0.876. The van der Waals surface area contributed by atoms with Gasteiger partial charge in [-0.05, 0) is 25.5 Å². The third-order valence-corrected chi connectivity index (χ3v) is 3.15. The Balaban J connectivity index is 2.18. The maximum absolute atomic E-state index is 12.5. The Hall–Kier alpha value is -2.70. The lowest BCUT2D eigenvalue weighted by Crippen LogP contribution is -2.28. The van der Waals surface area contributed by atoms with Gasteiger partial charge in [0, 0.05) is 20.0 Å². The van der Waals surface area contributed by atoms with Gasteiger partial charge >= 0.3 is 5.97 Å². The number of carboxylic acid groups (broad SMARTS) is 1. The summed E-state index contributed by atoms with van der Waals surface area (Å²) in [6.07, 6.45) is 0.432. The molecular weight excluding hydrogens is 286 g/mol. The van der Waals surface area contributed by atoms with Crippen LogP contribution in [-0.2, 0) is 4.79 Å². The predicted octanol–water partition coefficient (Wildman–Crippen LogP) is 1.98. The molecule has 0 unspecified atom stereocenters. The number of aromatic nitrogens is 2. The van der Waals surface area contributed by atoms with Gasteiger partial charge in [-0.25, -0.2) is 0 Å². The van der Waals surface area contributed by atoms with Crippen molar-refractivity contribution in [3.05, 3.63) is 35.7 Å². The number of hydrogen-bond donors (Lipinski definition) is 1. The van der Waals surface area contributed by atoms with Gasteiger partial charge in [0.05, 0.1) is 11.1 Å². The molecule has 1 aromatic heterocycles. The number of amides is 1. The molecular formula is C15H17N3O4. The lowest BCUT2D eigenvalue weighted by molar-refractivity contribution is -0.137. The second kappa shape index (κ2) is 6.84. The fourth-order valence-electron chi connectivity index (χ4n) is 2.04. The van der Waals surface area contributed by atoms with Crippen LogP contribution >= 0.6 is 0 Å². The van der Waals surface area contributed by atoms with Crippen molar-refractivity contribution in [2.45, 2.75) is 19.8 Å². The Morgan fingerprint density at radius 2 is 2.05 bits per heavy atom. The summed E-state index contributed by atoms with van der Waals surface area (Å²) in [6.45, 7) is 2.07. The van der Waals surface area contributed by atoms with Gasteiger partial charge in [0.1, 0.15) is 0 Å². The molecule has 0 atom stereocenters. The van der Waals surface area contributed by atoms with E-state index in [0.717, 1.165) is 0 Å². The van der Waals surface area contributed by atoms with E-state index in [9.17, 15) is 9.59 Å². The molecule has 1 aromatic carbocycles. The fourth-order valence-corrected chi connectivity index (χ4v) is 2.04. The largest absolute Gasteiger partial charge is 0.481 e. The first kappa shape index (κ1) is 15.7. The molecule has 0 saturated heterocycles. The minimum Gasteiger partial charge on any atom is -0.481 e. The molecule has 2 rings (SSSR count). The molecule has 0 bridgehead atoms. The Kier molecular flexibility index (Phi) is 4.88. The molecule has 1 heterocycles. The molecule has 1 N–H and O–H groups in total. The van der Waals surface area contributed by atoms with Gasteiger partial charge in [0.25, 0.3) is 11.8 Å². The first-order valence-corrected chi connectivity index (χ1v) is 6.86. The SMILES string of the molecule is Cc1noc(-c2ccccc2C(=O)N(C)CCCC(=O)O)n1. The zero-order valence-electron chi connectivity index (χ0n) is 12.4. The average Bonchev–Trinajstić information content (AvgIpc) is 2.92. The summed E-state index contributed by atoms with van der Waals surface area (Å²) in [4.78, 5) is 28.7. The number of rotatable bonds is 6. The zero-order chi connectivity index (χ0) is 16.1. The van der Waals surface area contributed by atoms with Gasteiger partial charge < -0.3 is 14.5 Å². The van der Waals surface area contributed by atoms with Crippen LogP contribution < -0.4 is 0 Å². The van der Waals surface area contributed by atoms with Gasteiger partial charge in [-0.15, -0.1) is 0 Å². The van der Waals surface area contributed by atoms with E-state index in [0.29, 0.717) is 35.8 Å². The molecule has 22 heavy (non-hydrogen) atoms. The van der Waals surface area contributed by atoms with Crippen LogP contribution in [0.1, 0.15) is 29.0 Å². The number of aliphatic carboxylic acids is 1. The molecule has 0 spiro atoms. The number of carboxylic acids is 1. The minimum absolute atomic E-state index is 0.0299. The monoisotopic (exact) mass is 303 g/mol. The molecule has 0 saturated carbocycles. The number of carbonyl (C=O) groups is 2. The molecule has 0 aliphatic heterocycles. The van der Waals surface area contributed by atoms with E-state index in [1.54, 1.807) is 38.2 Å². The van der Waals surface area contributed by atoms with E-state index in [2.05, 4.69) is 10.1 Å². The lowest BCUT2D eigenvalue weighted by Gasteiger charge is -2.17. The van der Waals surface area contributed by atoms with Crippen molar-refractivity contribution in [2.24, 2.45) is 0 Å².